The van der Waals surface area contributed by atoms with Crippen LogP contribution >= 0.6 is 0 Å². The van der Waals surface area contributed by atoms with Gasteiger partial charge in [-0.3, -0.25) is 10.1 Å². The summed E-state index contributed by atoms with van der Waals surface area (Å²) >= 11 is 0. The smallest absolute Gasteiger partial charge is 0.269 e. The van der Waals surface area contributed by atoms with Gasteiger partial charge in [-0.1, -0.05) is 12.1 Å². The molecule has 2 heterocycles. The van der Waals surface area contributed by atoms with Crippen LogP contribution in [0.3, 0.4) is 0 Å². The average Bonchev–Trinajstić information content (AvgIpc) is 2.98. The van der Waals surface area contributed by atoms with E-state index in [1.54, 1.807) is 12.1 Å². The normalized spacial score (nSPS) is 22.8. The fourth-order valence-corrected chi connectivity index (χ4v) is 3.06. The van der Waals surface area contributed by atoms with E-state index in [0.29, 0.717) is 25.3 Å². The van der Waals surface area contributed by atoms with Crippen LogP contribution < -0.4 is 0 Å². The number of hydrogen-bond acceptors (Lipinski definition) is 6. The summed E-state index contributed by atoms with van der Waals surface area (Å²) in [5, 5.41) is 21.1. The van der Waals surface area contributed by atoms with Gasteiger partial charge in [-0.15, -0.1) is 0 Å². The SMILES string of the molecule is O=[N+]([O-])c1cccc(C(O)CN2CCC3(CC2)OCCO3)c1. The van der Waals surface area contributed by atoms with Crippen molar-refractivity contribution in [2.45, 2.75) is 24.7 Å². The van der Waals surface area contributed by atoms with Gasteiger partial charge in [-0.25, -0.2) is 0 Å². The fourth-order valence-electron chi connectivity index (χ4n) is 3.06. The van der Waals surface area contributed by atoms with Gasteiger partial charge in [-0.2, -0.15) is 0 Å². The zero-order valence-electron chi connectivity index (χ0n) is 12.3. The van der Waals surface area contributed by atoms with Gasteiger partial charge in [0.15, 0.2) is 5.79 Å². The average molecular weight is 308 g/mol. The van der Waals surface area contributed by atoms with Gasteiger partial charge in [0.2, 0.25) is 0 Å². The van der Waals surface area contributed by atoms with Crippen molar-refractivity contribution in [3.8, 4) is 0 Å². The van der Waals surface area contributed by atoms with Crippen molar-refractivity contribution in [3.63, 3.8) is 0 Å². The van der Waals surface area contributed by atoms with Gasteiger partial charge in [0.1, 0.15) is 0 Å². The zero-order valence-corrected chi connectivity index (χ0v) is 12.3. The predicted octanol–water partition coefficient (Wildman–Crippen LogP) is 1.47. The Morgan fingerprint density at radius 3 is 2.64 bits per heavy atom. The van der Waals surface area contributed by atoms with Crippen LogP contribution in [0.2, 0.25) is 0 Å². The maximum Gasteiger partial charge on any atom is 0.269 e. The highest BCUT2D eigenvalue weighted by Crippen LogP contribution is 2.32. The summed E-state index contributed by atoms with van der Waals surface area (Å²) in [6.45, 7) is 3.32. The number of aliphatic hydroxyl groups is 1. The third kappa shape index (κ3) is 3.27. The monoisotopic (exact) mass is 308 g/mol. The number of ether oxygens (including phenoxy) is 2. The number of nitrogens with zero attached hydrogens (tertiary/aromatic N) is 2. The summed E-state index contributed by atoms with van der Waals surface area (Å²) in [5.74, 6) is -0.424. The Hall–Kier alpha value is -1.54. The summed E-state index contributed by atoms with van der Waals surface area (Å²) in [6.07, 6.45) is 0.836. The number of non-ortho nitro benzene ring substituents is 1. The second-order valence-electron chi connectivity index (χ2n) is 5.78. The molecule has 1 N–H and O–H groups in total. The van der Waals surface area contributed by atoms with E-state index in [0.717, 1.165) is 25.9 Å². The molecule has 7 heteroatoms. The second kappa shape index (κ2) is 6.29. The van der Waals surface area contributed by atoms with Crippen molar-refractivity contribution in [2.24, 2.45) is 0 Å². The number of piperidine rings is 1. The number of β-amino-alcohol motifs (C(OH)–C–C–N with tert-alkyl or cyclic N) is 1. The van der Waals surface area contributed by atoms with E-state index in [9.17, 15) is 15.2 Å². The first-order valence-electron chi connectivity index (χ1n) is 7.51. The highest BCUT2D eigenvalue weighted by molar-refractivity contribution is 5.35. The minimum absolute atomic E-state index is 0.00176. The summed E-state index contributed by atoms with van der Waals surface area (Å²) in [5.41, 5.74) is 0.574. The van der Waals surface area contributed by atoms with E-state index in [-0.39, 0.29) is 5.69 Å². The van der Waals surface area contributed by atoms with Crippen LogP contribution in [-0.2, 0) is 9.47 Å². The molecule has 2 saturated heterocycles. The summed E-state index contributed by atoms with van der Waals surface area (Å²) < 4.78 is 11.4. The molecule has 120 valence electrons. The summed E-state index contributed by atoms with van der Waals surface area (Å²) in [7, 11) is 0. The minimum atomic E-state index is -0.737. The molecule has 2 aliphatic heterocycles. The molecule has 1 aromatic carbocycles. The molecular formula is C15H20N2O5. The van der Waals surface area contributed by atoms with Crippen LogP contribution in [0.1, 0.15) is 24.5 Å². The van der Waals surface area contributed by atoms with Crippen molar-refractivity contribution in [1.82, 2.24) is 4.90 Å². The third-order valence-electron chi connectivity index (χ3n) is 4.33. The number of aliphatic hydroxyl groups excluding tert-OH is 1. The lowest BCUT2D eigenvalue weighted by Gasteiger charge is -2.38. The van der Waals surface area contributed by atoms with E-state index in [1.807, 2.05) is 0 Å². The molecule has 1 aromatic rings. The van der Waals surface area contributed by atoms with Gasteiger partial charge in [0, 0.05) is 44.6 Å². The highest BCUT2D eigenvalue weighted by Gasteiger charge is 2.39. The van der Waals surface area contributed by atoms with E-state index in [1.165, 1.54) is 12.1 Å². The summed E-state index contributed by atoms with van der Waals surface area (Å²) in [4.78, 5) is 12.5. The molecule has 0 aliphatic carbocycles. The van der Waals surface area contributed by atoms with Crippen LogP contribution in [0.5, 0.6) is 0 Å². The maximum absolute atomic E-state index is 10.8. The molecule has 22 heavy (non-hydrogen) atoms. The van der Waals surface area contributed by atoms with E-state index in [2.05, 4.69) is 4.90 Å². The molecule has 1 atom stereocenters. The zero-order chi connectivity index (χ0) is 15.6. The minimum Gasteiger partial charge on any atom is -0.387 e. The standard InChI is InChI=1S/C15H20N2O5/c18-14(12-2-1-3-13(10-12)17(19)20)11-16-6-4-15(5-7-16)21-8-9-22-15/h1-3,10,14,18H,4-9,11H2. The first-order valence-corrected chi connectivity index (χ1v) is 7.51. The Bertz CT molecular complexity index is 534. The van der Waals surface area contributed by atoms with E-state index >= 15 is 0 Å². The lowest BCUT2D eigenvalue weighted by Crippen LogP contribution is -2.46. The van der Waals surface area contributed by atoms with Gasteiger partial charge >= 0.3 is 0 Å². The first kappa shape index (κ1) is 15.4. The number of hydrogen-bond donors (Lipinski definition) is 1. The molecule has 1 unspecified atom stereocenters. The van der Waals surface area contributed by atoms with Gasteiger partial charge < -0.3 is 19.5 Å². The predicted molar refractivity (Wildman–Crippen MR) is 78.4 cm³/mol. The highest BCUT2D eigenvalue weighted by atomic mass is 16.7. The van der Waals surface area contributed by atoms with Gasteiger partial charge in [0.25, 0.3) is 5.69 Å². The number of nitro groups is 1. The molecule has 3 rings (SSSR count). The topological polar surface area (TPSA) is 85.1 Å². The third-order valence-corrected chi connectivity index (χ3v) is 4.33. The molecule has 0 radical (unpaired) electrons. The number of rotatable bonds is 4. The van der Waals surface area contributed by atoms with Crippen LogP contribution in [0.4, 0.5) is 5.69 Å². The van der Waals surface area contributed by atoms with Crippen molar-refractivity contribution in [1.29, 1.82) is 0 Å². The Kier molecular flexibility index (Phi) is 4.39. The molecular weight excluding hydrogens is 288 g/mol. The maximum atomic E-state index is 10.8. The quantitative estimate of drug-likeness (QED) is 0.669. The van der Waals surface area contributed by atoms with Crippen LogP contribution in [-0.4, -0.2) is 53.6 Å². The number of likely N-dealkylation sites (tertiary alicyclic amines) is 1. The Labute approximate surface area is 128 Å². The number of benzene rings is 1. The second-order valence-corrected chi connectivity index (χ2v) is 5.78. The van der Waals surface area contributed by atoms with Gasteiger partial charge in [0.05, 0.1) is 24.2 Å². The van der Waals surface area contributed by atoms with Crippen LogP contribution in [0.25, 0.3) is 0 Å². The first-order chi connectivity index (χ1) is 10.6. The largest absolute Gasteiger partial charge is 0.387 e. The molecule has 2 fully saturated rings. The van der Waals surface area contributed by atoms with Crippen LogP contribution in [0, 0.1) is 10.1 Å². The lowest BCUT2D eigenvalue weighted by molar-refractivity contribution is -0.385. The lowest BCUT2D eigenvalue weighted by atomic mass is 10.0. The van der Waals surface area contributed by atoms with E-state index in [4.69, 9.17) is 9.47 Å². The van der Waals surface area contributed by atoms with Crippen molar-refractivity contribution < 1.29 is 19.5 Å². The fraction of sp³-hybridized carbons (Fsp3) is 0.600. The molecule has 0 saturated carbocycles. The summed E-state index contributed by atoms with van der Waals surface area (Å²) in [6, 6.07) is 6.17. The molecule has 0 aromatic heterocycles. The van der Waals surface area contributed by atoms with Crippen molar-refractivity contribution in [2.75, 3.05) is 32.8 Å². The molecule has 0 amide bonds. The molecule has 0 bridgehead atoms. The Morgan fingerprint density at radius 2 is 2.00 bits per heavy atom. The molecule has 1 spiro atoms. The molecule has 2 aliphatic rings. The number of nitro benzene ring substituents is 1. The molecule has 7 nitrogen and oxygen atoms in total. The van der Waals surface area contributed by atoms with Crippen molar-refractivity contribution >= 4 is 5.69 Å². The van der Waals surface area contributed by atoms with Gasteiger partial charge in [-0.05, 0) is 5.56 Å². The van der Waals surface area contributed by atoms with Crippen LogP contribution in [0.15, 0.2) is 24.3 Å². The van der Waals surface area contributed by atoms with E-state index < -0.39 is 16.8 Å². The Morgan fingerprint density at radius 1 is 1.32 bits per heavy atom. The Balaban J connectivity index is 1.57. The van der Waals surface area contributed by atoms with Crippen molar-refractivity contribution in [3.05, 3.63) is 39.9 Å².